The van der Waals surface area contributed by atoms with Crippen molar-refractivity contribution in [3.63, 3.8) is 0 Å². The first-order chi connectivity index (χ1) is 5.45. The van der Waals surface area contributed by atoms with Gasteiger partial charge in [-0.2, -0.15) is 11.8 Å². The van der Waals surface area contributed by atoms with Gasteiger partial charge in [-0.05, 0) is 12.0 Å². The van der Waals surface area contributed by atoms with Crippen molar-refractivity contribution in [2.75, 3.05) is 12.0 Å². The number of thioether (sulfide) groups is 1. The van der Waals surface area contributed by atoms with Crippen molar-refractivity contribution >= 4 is 17.7 Å². The third kappa shape index (κ3) is 2.56. The smallest absolute Gasteiger partial charge is 0.299 e. The summed E-state index contributed by atoms with van der Waals surface area (Å²) in [5.74, 6) is -4.89. The summed E-state index contributed by atoms with van der Waals surface area (Å²) in [5, 5.41) is -1.79. The zero-order chi connectivity index (χ0) is 9.78. The lowest BCUT2D eigenvalue weighted by atomic mass is 10.2. The van der Waals surface area contributed by atoms with Gasteiger partial charge >= 0.3 is 0 Å². The molecule has 3 nitrogen and oxygen atoms in total. The van der Waals surface area contributed by atoms with Crippen LogP contribution in [0.5, 0.6) is 0 Å². The largest absolute Gasteiger partial charge is 0.365 e. The maximum absolute atomic E-state index is 12.9. The molecular weight excluding hydrogens is 193 g/mol. The van der Waals surface area contributed by atoms with E-state index < -0.39 is 23.5 Å². The van der Waals surface area contributed by atoms with Gasteiger partial charge in [-0.25, -0.2) is 4.39 Å². The summed E-state index contributed by atoms with van der Waals surface area (Å²) >= 11 is 1.16. The molecule has 7 heteroatoms. The molecule has 0 saturated heterocycles. The zero-order valence-corrected chi connectivity index (χ0v) is 7.21. The molecule has 0 fully saturated rings. The lowest BCUT2D eigenvalue weighted by molar-refractivity contribution is -0.267. The minimum absolute atomic E-state index is 0.101. The molecule has 0 aliphatic rings. The number of rotatable bonds is 5. The minimum Gasteiger partial charge on any atom is -0.365 e. The second-order valence-electron chi connectivity index (χ2n) is 2.10. The molecule has 0 aliphatic carbocycles. The lowest BCUT2D eigenvalue weighted by Gasteiger charge is -2.20. The summed E-state index contributed by atoms with van der Waals surface area (Å²) in [6.07, 6.45) is 0.999. The summed E-state index contributed by atoms with van der Waals surface area (Å²) < 4.78 is 36.5. The second-order valence-corrected chi connectivity index (χ2v) is 3.08. The van der Waals surface area contributed by atoms with Crippen LogP contribution in [-0.2, 0) is 4.79 Å². The van der Waals surface area contributed by atoms with Gasteiger partial charge in [0.1, 0.15) is 0 Å². The Morgan fingerprint density at radius 2 is 2.17 bits per heavy atom. The first kappa shape index (κ1) is 11.6. The Balaban J connectivity index is 4.29. The molecule has 72 valence electrons. The van der Waals surface area contributed by atoms with E-state index in [1.165, 1.54) is 0 Å². The number of alkyl halides is 1. The molecule has 0 aromatic carbocycles. The fourth-order valence-electron chi connectivity index (χ4n) is 0.528. The van der Waals surface area contributed by atoms with E-state index in [9.17, 15) is 18.1 Å². The number of hydrogen-bond acceptors (Lipinski definition) is 3. The van der Waals surface area contributed by atoms with Crippen LogP contribution >= 0.6 is 11.8 Å². The number of hydrogen-bond donors (Lipinski definition) is 1. The number of primary amides is 1. The van der Waals surface area contributed by atoms with Gasteiger partial charge in [-0.15, -0.1) is 0 Å². The molecule has 1 atom stereocenters. The maximum atomic E-state index is 12.9. The van der Waals surface area contributed by atoms with Crippen molar-refractivity contribution in [2.24, 2.45) is 5.73 Å². The Morgan fingerprint density at radius 1 is 1.67 bits per heavy atom. The molecule has 0 aromatic heterocycles. The quantitative estimate of drug-likeness (QED) is 0.533. The highest BCUT2D eigenvalue weighted by atomic mass is 32.2. The molecule has 12 heavy (non-hydrogen) atoms. The minimum atomic E-state index is -3.33. The molecule has 0 aromatic rings. The number of nitrogens with two attached hydrogens (primary N) is 1. The van der Waals surface area contributed by atoms with Gasteiger partial charge in [-0.1, -0.05) is 8.96 Å². The SMILES string of the molecule is CSCCC(F)(C(N)=O)N(F)F. The number of nitrogens with zero attached hydrogens (tertiary/aromatic N) is 1. The molecule has 0 aliphatic heterocycles. The monoisotopic (exact) mass is 202 g/mol. The van der Waals surface area contributed by atoms with Crippen LogP contribution in [0.2, 0.25) is 0 Å². The van der Waals surface area contributed by atoms with E-state index >= 15 is 0 Å². The summed E-state index contributed by atoms with van der Waals surface area (Å²) in [7, 11) is 0. The first-order valence-corrected chi connectivity index (χ1v) is 4.44. The summed E-state index contributed by atoms with van der Waals surface area (Å²) in [6.45, 7) is 0. The molecule has 0 saturated carbocycles. The van der Waals surface area contributed by atoms with Crippen molar-refractivity contribution in [1.82, 2.24) is 5.34 Å². The van der Waals surface area contributed by atoms with E-state index in [0.29, 0.717) is 0 Å². The highest BCUT2D eigenvalue weighted by Gasteiger charge is 2.45. The van der Waals surface area contributed by atoms with Gasteiger partial charge in [0.2, 0.25) is 0 Å². The van der Waals surface area contributed by atoms with Crippen LogP contribution in [0, 0.1) is 0 Å². The van der Waals surface area contributed by atoms with Crippen molar-refractivity contribution < 1.29 is 18.1 Å². The second kappa shape index (κ2) is 4.56. The van der Waals surface area contributed by atoms with Crippen LogP contribution in [0.3, 0.4) is 0 Å². The third-order valence-corrected chi connectivity index (χ3v) is 1.90. The van der Waals surface area contributed by atoms with Crippen LogP contribution in [0.1, 0.15) is 6.42 Å². The zero-order valence-electron chi connectivity index (χ0n) is 6.39. The van der Waals surface area contributed by atoms with Crippen LogP contribution < -0.4 is 5.73 Å². The fraction of sp³-hybridized carbons (Fsp3) is 0.800. The Kier molecular flexibility index (Phi) is 4.40. The van der Waals surface area contributed by atoms with Crippen molar-refractivity contribution in [1.29, 1.82) is 0 Å². The summed E-state index contributed by atoms with van der Waals surface area (Å²) in [6, 6.07) is 0. The summed E-state index contributed by atoms with van der Waals surface area (Å²) in [4.78, 5) is 10.3. The van der Waals surface area contributed by atoms with Gasteiger partial charge in [0, 0.05) is 6.42 Å². The molecule has 0 bridgehead atoms. The number of carbonyl (C=O) groups is 1. The molecule has 0 spiro atoms. The van der Waals surface area contributed by atoms with Crippen LogP contribution in [0.15, 0.2) is 0 Å². The van der Waals surface area contributed by atoms with Gasteiger partial charge in [0.25, 0.3) is 11.7 Å². The maximum Gasteiger partial charge on any atom is 0.299 e. The molecule has 1 amide bonds. The van der Waals surface area contributed by atoms with Crippen LogP contribution in [-0.4, -0.2) is 29.1 Å². The molecule has 1 unspecified atom stereocenters. The third-order valence-electron chi connectivity index (χ3n) is 1.28. The number of amides is 1. The van der Waals surface area contributed by atoms with Gasteiger partial charge in [-0.3, -0.25) is 4.79 Å². The highest BCUT2D eigenvalue weighted by Crippen LogP contribution is 2.24. The van der Waals surface area contributed by atoms with E-state index in [0.717, 1.165) is 11.8 Å². The number of halogens is 3. The normalized spacial score (nSPS) is 16.1. The molecule has 0 rings (SSSR count). The van der Waals surface area contributed by atoms with E-state index in [1.807, 2.05) is 0 Å². The van der Waals surface area contributed by atoms with Gasteiger partial charge in [0.05, 0.1) is 5.34 Å². The molecular formula is C5H9F3N2OS. The average Bonchev–Trinajstić information content (AvgIpc) is 1.99. The Morgan fingerprint density at radius 3 is 2.42 bits per heavy atom. The Hall–Kier alpha value is -0.430. The molecule has 0 heterocycles. The van der Waals surface area contributed by atoms with Crippen LogP contribution in [0.25, 0.3) is 0 Å². The van der Waals surface area contributed by atoms with E-state index in [1.54, 1.807) is 6.26 Å². The topological polar surface area (TPSA) is 46.3 Å². The van der Waals surface area contributed by atoms with E-state index in [-0.39, 0.29) is 5.75 Å². The van der Waals surface area contributed by atoms with Crippen molar-refractivity contribution in [2.45, 2.75) is 12.2 Å². The fourth-order valence-corrected chi connectivity index (χ4v) is 1.00. The summed E-state index contributed by atoms with van der Waals surface area (Å²) in [5.41, 5.74) is 4.47. The predicted molar refractivity (Wildman–Crippen MR) is 40.1 cm³/mol. The average molecular weight is 202 g/mol. The van der Waals surface area contributed by atoms with E-state index in [4.69, 9.17) is 0 Å². The van der Waals surface area contributed by atoms with Crippen molar-refractivity contribution in [3.8, 4) is 0 Å². The Labute approximate surface area is 72.0 Å². The Bertz CT molecular complexity index is 169. The van der Waals surface area contributed by atoms with E-state index in [2.05, 4.69) is 5.73 Å². The number of carbonyl (C=O) groups excluding carboxylic acids is 1. The van der Waals surface area contributed by atoms with Crippen LogP contribution in [0.4, 0.5) is 13.4 Å². The predicted octanol–water partition coefficient (Wildman–Crippen LogP) is 0.962. The highest BCUT2D eigenvalue weighted by molar-refractivity contribution is 7.98. The van der Waals surface area contributed by atoms with Crippen molar-refractivity contribution in [3.05, 3.63) is 0 Å². The molecule has 0 radical (unpaired) electrons. The van der Waals surface area contributed by atoms with Gasteiger partial charge in [0.15, 0.2) is 0 Å². The standard InChI is InChI=1S/C5H9F3N2OS/c1-12-3-2-5(6,4(9)11)10(7)8/h2-3H2,1H3,(H2,9,11). The van der Waals surface area contributed by atoms with Gasteiger partial charge < -0.3 is 5.73 Å². The lowest BCUT2D eigenvalue weighted by Crippen LogP contribution is -2.48. The molecule has 2 N–H and O–H groups in total. The first-order valence-electron chi connectivity index (χ1n) is 3.04.